The summed E-state index contributed by atoms with van der Waals surface area (Å²) < 4.78 is 0. The van der Waals surface area contributed by atoms with E-state index in [1.54, 1.807) is 0 Å². The maximum absolute atomic E-state index is 11.8. The van der Waals surface area contributed by atoms with Crippen molar-refractivity contribution < 1.29 is 4.79 Å². The van der Waals surface area contributed by atoms with Gasteiger partial charge in [0.25, 0.3) is 0 Å². The quantitative estimate of drug-likeness (QED) is 0.762. The number of para-hydroxylation sites is 1. The number of anilines is 1. The van der Waals surface area contributed by atoms with Gasteiger partial charge >= 0.3 is 0 Å². The third kappa shape index (κ3) is 4.87. The highest BCUT2D eigenvalue weighted by atomic mass is 16.1. The van der Waals surface area contributed by atoms with E-state index in [1.165, 1.54) is 16.8 Å². The monoisotopic (exact) mass is 276 g/mol. The first-order valence-corrected chi connectivity index (χ1v) is 7.76. The molecular weight excluding hydrogens is 248 g/mol. The van der Waals surface area contributed by atoms with E-state index in [9.17, 15) is 4.79 Å². The third-order valence-electron chi connectivity index (χ3n) is 3.67. The Kier molecular flexibility index (Phi) is 7.13. The number of carbonyl (C=O) groups is 1. The van der Waals surface area contributed by atoms with E-state index < -0.39 is 0 Å². The molecule has 0 aliphatic carbocycles. The second-order valence-corrected chi connectivity index (χ2v) is 5.21. The van der Waals surface area contributed by atoms with Crippen LogP contribution in [-0.2, 0) is 17.6 Å². The van der Waals surface area contributed by atoms with Crippen LogP contribution >= 0.6 is 0 Å². The lowest BCUT2D eigenvalue weighted by Gasteiger charge is -2.16. The van der Waals surface area contributed by atoms with E-state index in [1.807, 2.05) is 6.92 Å². The third-order valence-corrected chi connectivity index (χ3v) is 3.67. The Bertz CT molecular complexity index is 407. The number of amides is 1. The number of nitrogens with one attached hydrogen (secondary N) is 2. The van der Waals surface area contributed by atoms with Gasteiger partial charge in [-0.05, 0) is 37.3 Å². The summed E-state index contributed by atoms with van der Waals surface area (Å²) in [7, 11) is 0. The zero-order valence-corrected chi connectivity index (χ0v) is 13.3. The van der Waals surface area contributed by atoms with Gasteiger partial charge in [0.1, 0.15) is 0 Å². The van der Waals surface area contributed by atoms with Crippen LogP contribution in [0.4, 0.5) is 5.69 Å². The van der Waals surface area contributed by atoms with Gasteiger partial charge in [-0.25, -0.2) is 0 Å². The van der Waals surface area contributed by atoms with Crippen LogP contribution in [-0.4, -0.2) is 18.5 Å². The Morgan fingerprint density at radius 3 is 2.25 bits per heavy atom. The van der Waals surface area contributed by atoms with Crippen LogP contribution in [0.3, 0.4) is 0 Å². The summed E-state index contributed by atoms with van der Waals surface area (Å²) in [5.41, 5.74) is 3.87. The van der Waals surface area contributed by atoms with Gasteiger partial charge in [0, 0.05) is 24.7 Å². The zero-order chi connectivity index (χ0) is 15.0. The van der Waals surface area contributed by atoms with E-state index >= 15 is 0 Å². The fourth-order valence-corrected chi connectivity index (χ4v) is 2.22. The molecule has 0 saturated carbocycles. The lowest BCUT2D eigenvalue weighted by molar-refractivity contribution is -0.121. The summed E-state index contributed by atoms with van der Waals surface area (Å²) in [4.78, 5) is 11.8. The summed E-state index contributed by atoms with van der Waals surface area (Å²) in [6.45, 7) is 9.12. The number of carbonyl (C=O) groups excluding carboxylic acids is 1. The highest BCUT2D eigenvalue weighted by molar-refractivity contribution is 5.76. The summed E-state index contributed by atoms with van der Waals surface area (Å²) in [5, 5.41) is 6.44. The largest absolute Gasteiger partial charge is 0.384 e. The first-order chi connectivity index (χ1) is 9.62. The molecule has 0 heterocycles. The molecule has 0 aliphatic rings. The Morgan fingerprint density at radius 2 is 1.75 bits per heavy atom. The Morgan fingerprint density at radius 1 is 1.15 bits per heavy atom. The topological polar surface area (TPSA) is 41.1 Å². The SMILES string of the molecule is CCc1cccc(CC)c1NCCC(=O)NC(C)CC. The Balaban J connectivity index is 2.55. The minimum absolute atomic E-state index is 0.124. The molecule has 1 atom stereocenters. The molecule has 0 fully saturated rings. The van der Waals surface area contributed by atoms with Crippen molar-refractivity contribution in [3.63, 3.8) is 0 Å². The van der Waals surface area contributed by atoms with Gasteiger partial charge in [-0.3, -0.25) is 4.79 Å². The lowest BCUT2D eigenvalue weighted by atomic mass is 10.0. The molecule has 2 N–H and O–H groups in total. The zero-order valence-electron chi connectivity index (χ0n) is 13.3. The molecule has 1 aromatic carbocycles. The molecule has 0 radical (unpaired) electrons. The average Bonchev–Trinajstić information content (AvgIpc) is 2.46. The number of aryl methyl sites for hydroxylation is 2. The fraction of sp³-hybridized carbons (Fsp3) is 0.588. The summed E-state index contributed by atoms with van der Waals surface area (Å²) in [6, 6.07) is 6.68. The molecule has 20 heavy (non-hydrogen) atoms. The van der Waals surface area contributed by atoms with E-state index in [2.05, 4.69) is 49.6 Å². The first kappa shape index (κ1) is 16.5. The molecule has 0 bridgehead atoms. The van der Waals surface area contributed by atoms with Crippen LogP contribution in [0.1, 0.15) is 51.7 Å². The minimum Gasteiger partial charge on any atom is -0.384 e. The van der Waals surface area contributed by atoms with Crippen molar-refractivity contribution >= 4 is 11.6 Å². The maximum atomic E-state index is 11.8. The Hall–Kier alpha value is -1.51. The molecule has 1 amide bonds. The van der Waals surface area contributed by atoms with Crippen LogP contribution in [0, 0.1) is 0 Å². The van der Waals surface area contributed by atoms with Gasteiger partial charge in [0.05, 0.1) is 0 Å². The molecule has 1 rings (SSSR count). The maximum Gasteiger partial charge on any atom is 0.221 e. The Labute approximate surface area is 123 Å². The smallest absolute Gasteiger partial charge is 0.221 e. The van der Waals surface area contributed by atoms with Crippen LogP contribution in [0.5, 0.6) is 0 Å². The molecule has 1 aromatic rings. The van der Waals surface area contributed by atoms with Crippen molar-refractivity contribution in [2.24, 2.45) is 0 Å². The van der Waals surface area contributed by atoms with Crippen molar-refractivity contribution in [3.8, 4) is 0 Å². The van der Waals surface area contributed by atoms with Crippen LogP contribution in [0.2, 0.25) is 0 Å². The molecule has 112 valence electrons. The van der Waals surface area contributed by atoms with Crippen LogP contribution in [0.15, 0.2) is 18.2 Å². The van der Waals surface area contributed by atoms with E-state index in [-0.39, 0.29) is 11.9 Å². The van der Waals surface area contributed by atoms with E-state index in [0.717, 1.165) is 19.3 Å². The second-order valence-electron chi connectivity index (χ2n) is 5.21. The average molecular weight is 276 g/mol. The lowest BCUT2D eigenvalue weighted by Crippen LogP contribution is -2.33. The van der Waals surface area contributed by atoms with Crippen molar-refractivity contribution in [1.82, 2.24) is 5.32 Å². The molecule has 0 aliphatic heterocycles. The molecule has 3 nitrogen and oxygen atoms in total. The van der Waals surface area contributed by atoms with Gasteiger partial charge in [0.15, 0.2) is 0 Å². The van der Waals surface area contributed by atoms with Crippen LogP contribution < -0.4 is 10.6 Å². The normalized spacial score (nSPS) is 12.0. The highest BCUT2D eigenvalue weighted by Gasteiger charge is 2.08. The number of benzene rings is 1. The first-order valence-electron chi connectivity index (χ1n) is 7.76. The summed E-state index contributed by atoms with van der Waals surface area (Å²) in [6.07, 6.45) is 3.51. The minimum atomic E-state index is 0.124. The summed E-state index contributed by atoms with van der Waals surface area (Å²) >= 11 is 0. The number of hydrogen-bond donors (Lipinski definition) is 2. The predicted octanol–water partition coefficient (Wildman–Crippen LogP) is 3.53. The van der Waals surface area contributed by atoms with Gasteiger partial charge in [-0.1, -0.05) is 39.0 Å². The second kappa shape index (κ2) is 8.62. The molecular formula is C17H28N2O. The molecule has 3 heteroatoms. The number of rotatable bonds is 8. The van der Waals surface area contributed by atoms with Crippen molar-refractivity contribution in [2.45, 2.75) is 59.4 Å². The van der Waals surface area contributed by atoms with E-state index in [4.69, 9.17) is 0 Å². The van der Waals surface area contributed by atoms with E-state index in [0.29, 0.717) is 13.0 Å². The van der Waals surface area contributed by atoms with Crippen molar-refractivity contribution in [1.29, 1.82) is 0 Å². The van der Waals surface area contributed by atoms with Crippen molar-refractivity contribution in [2.75, 3.05) is 11.9 Å². The molecule has 1 unspecified atom stereocenters. The van der Waals surface area contributed by atoms with Crippen LogP contribution in [0.25, 0.3) is 0 Å². The summed E-state index contributed by atoms with van der Waals surface area (Å²) in [5.74, 6) is 0.124. The predicted molar refractivity (Wildman–Crippen MR) is 86.2 cm³/mol. The molecule has 0 saturated heterocycles. The van der Waals surface area contributed by atoms with Gasteiger partial charge in [-0.15, -0.1) is 0 Å². The van der Waals surface area contributed by atoms with Gasteiger partial charge in [0.2, 0.25) is 5.91 Å². The number of hydrogen-bond acceptors (Lipinski definition) is 2. The van der Waals surface area contributed by atoms with Gasteiger partial charge in [-0.2, -0.15) is 0 Å². The van der Waals surface area contributed by atoms with Crippen molar-refractivity contribution in [3.05, 3.63) is 29.3 Å². The van der Waals surface area contributed by atoms with Gasteiger partial charge < -0.3 is 10.6 Å². The fourth-order valence-electron chi connectivity index (χ4n) is 2.22. The molecule has 0 aromatic heterocycles. The standard InChI is InChI=1S/C17H28N2O/c1-5-13(4)19-16(20)11-12-18-17-14(6-2)9-8-10-15(17)7-3/h8-10,13,18H,5-7,11-12H2,1-4H3,(H,19,20). The highest BCUT2D eigenvalue weighted by Crippen LogP contribution is 2.22. The molecule has 0 spiro atoms.